The Morgan fingerprint density at radius 3 is 0.921 bits per heavy atom. The fourth-order valence-corrected chi connectivity index (χ4v) is 7.93. The number of rotatable bonds is 40. The first-order valence-electron chi connectivity index (χ1n) is 26.5. The highest BCUT2D eigenvalue weighted by Gasteiger charge is 2.35. The van der Waals surface area contributed by atoms with Crippen LogP contribution in [0.4, 0.5) is 9.59 Å². The molecule has 4 unspecified atom stereocenters. The number of nitrogens with one attached hydrogen (secondary N) is 6. The summed E-state index contributed by atoms with van der Waals surface area (Å²) >= 11 is 0. The van der Waals surface area contributed by atoms with Gasteiger partial charge in [0.25, 0.3) is 0 Å². The van der Waals surface area contributed by atoms with E-state index in [9.17, 15) is 57.5 Å². The van der Waals surface area contributed by atoms with E-state index < -0.39 is 47.6 Å². The molecule has 2 rings (SSSR count). The van der Waals surface area contributed by atoms with Crippen molar-refractivity contribution in [3.63, 3.8) is 0 Å². The number of unbranched alkanes of at least 4 members (excludes halogenated alkanes) is 4. The van der Waals surface area contributed by atoms with Crippen LogP contribution in [0.2, 0.25) is 0 Å². The molecule has 0 aromatic heterocycles. The van der Waals surface area contributed by atoms with Gasteiger partial charge in [-0.15, -0.1) is 0 Å². The van der Waals surface area contributed by atoms with Crippen LogP contribution in [-0.4, -0.2) is 161 Å². The molecule has 0 heterocycles. The van der Waals surface area contributed by atoms with Crippen LogP contribution in [0, 0.1) is 35.5 Å². The quantitative estimate of drug-likeness (QED) is 0.0347. The van der Waals surface area contributed by atoms with Crippen molar-refractivity contribution >= 4 is 71.3 Å². The molecular weight excluding hydrogens is 993 g/mol. The first-order chi connectivity index (χ1) is 36.1. The third-order valence-electron chi connectivity index (χ3n) is 13.0. The summed E-state index contributed by atoms with van der Waals surface area (Å²) < 4.78 is 8.93. The zero-order valence-corrected chi connectivity index (χ0v) is 45.2. The molecule has 14 N–H and O–H groups in total. The number of primary amides is 4. The van der Waals surface area contributed by atoms with Crippen molar-refractivity contribution in [1.29, 1.82) is 0 Å². The molecule has 2 saturated carbocycles. The third kappa shape index (κ3) is 32.5. The number of alkyl carbamates (subject to hydrolysis) is 2. The molecule has 0 saturated heterocycles. The van der Waals surface area contributed by atoms with Crippen LogP contribution in [0.5, 0.6) is 0 Å². The summed E-state index contributed by atoms with van der Waals surface area (Å²) in [5.74, 6) is -3.82. The fraction of sp³-hybridized carbons (Fsp3) is 0.760. The molecule has 0 spiro atoms. The van der Waals surface area contributed by atoms with Gasteiger partial charge in [-0.2, -0.15) is 0 Å². The van der Waals surface area contributed by atoms with Crippen LogP contribution >= 0.6 is 0 Å². The monoisotopic (exact) mass is 1080 g/mol. The number of ether oxygens (including phenoxy) is 2. The highest BCUT2D eigenvalue weighted by molar-refractivity contribution is 5.90. The van der Waals surface area contributed by atoms with Crippen LogP contribution in [-0.2, 0) is 57.4 Å². The molecular formula is C50H88N12O14. The minimum Gasteiger partial charge on any atom is -0.453 e. The standard InChI is InChI=1S/C27H46N6O7.C23H42N6O7/c1-40-27(39)32-15-12-24(36)33(16-22(34)30-13-4-2-6-20(25(28)37)18-8-9-18)17-23(35)31-14-5-3-7-21(26(29)38)19-10-11-19;1-16(21(24)33)8-4-6-11-26-18(30)14-29(20(32)10-13-28-23(35)36-3)15-19(31)27-12-7-5-9-17(2)22(25)34/h18-21H,2-17H2,1H3,(H2,28,37)(H2,29,38)(H,30,34)(H,31,35)(H,32,39);16-17H,4-15H2,1-3H3,(H2,24,33)(H2,25,34)(H,26,30)(H,27,31)(H,28,35). The molecule has 4 atom stereocenters. The maximum absolute atomic E-state index is 12.7. The minimum absolute atomic E-state index is 0.00467. The second-order valence-corrected chi connectivity index (χ2v) is 19.5. The van der Waals surface area contributed by atoms with E-state index >= 15 is 0 Å². The van der Waals surface area contributed by atoms with Crippen molar-refractivity contribution in [3.8, 4) is 0 Å². The molecule has 26 nitrogen and oxygen atoms in total. The Hall–Kier alpha value is -6.76. The summed E-state index contributed by atoms with van der Waals surface area (Å²) in [6.45, 7) is 3.67. The second-order valence-electron chi connectivity index (χ2n) is 19.5. The summed E-state index contributed by atoms with van der Waals surface area (Å²) in [5, 5.41) is 15.7. The van der Waals surface area contributed by atoms with Gasteiger partial charge in [0.05, 0.1) is 14.2 Å². The Bertz CT molecular complexity index is 1800. The molecule has 0 bridgehead atoms. The lowest BCUT2D eigenvalue weighted by molar-refractivity contribution is -0.139. The Kier molecular flexibility index (Phi) is 34.3. The van der Waals surface area contributed by atoms with Gasteiger partial charge >= 0.3 is 12.2 Å². The van der Waals surface area contributed by atoms with Gasteiger partial charge in [0.15, 0.2) is 0 Å². The topological polar surface area (TPSA) is 406 Å². The molecule has 76 heavy (non-hydrogen) atoms. The maximum atomic E-state index is 12.7. The van der Waals surface area contributed by atoms with Crippen molar-refractivity contribution < 1.29 is 67.0 Å². The number of nitrogens with two attached hydrogens (primary N) is 4. The Balaban J connectivity index is 0.000000765. The Labute approximate surface area is 446 Å². The van der Waals surface area contributed by atoms with E-state index in [1.165, 1.54) is 14.2 Å². The van der Waals surface area contributed by atoms with Crippen molar-refractivity contribution in [3.05, 3.63) is 0 Å². The summed E-state index contributed by atoms with van der Waals surface area (Å²) in [4.78, 5) is 145. The number of hydrogen-bond acceptors (Lipinski definition) is 14. The van der Waals surface area contributed by atoms with E-state index in [-0.39, 0.29) is 99.4 Å². The molecule has 26 heteroatoms. The molecule has 2 aliphatic carbocycles. The Morgan fingerprint density at radius 1 is 0.408 bits per heavy atom. The summed E-state index contributed by atoms with van der Waals surface area (Å²) in [6.07, 6.45) is 10.6. The van der Waals surface area contributed by atoms with Crippen LogP contribution < -0.4 is 54.8 Å². The molecule has 2 aliphatic rings. The number of nitrogens with zero attached hydrogens (tertiary/aromatic N) is 2. The van der Waals surface area contributed by atoms with Crippen LogP contribution in [0.25, 0.3) is 0 Å². The summed E-state index contributed by atoms with van der Waals surface area (Å²) in [7, 11) is 2.40. The molecule has 2 fully saturated rings. The predicted octanol–water partition coefficient (Wildman–Crippen LogP) is -0.466. The molecule has 12 amide bonds. The van der Waals surface area contributed by atoms with Crippen molar-refractivity contribution in [2.75, 3.05) is 79.7 Å². The molecule has 432 valence electrons. The normalized spacial score (nSPS) is 14.1. The van der Waals surface area contributed by atoms with E-state index in [2.05, 4.69) is 41.4 Å². The lowest BCUT2D eigenvalue weighted by Gasteiger charge is -2.22. The predicted molar refractivity (Wildman–Crippen MR) is 278 cm³/mol. The number of amides is 12. The van der Waals surface area contributed by atoms with Gasteiger partial charge in [0.2, 0.25) is 59.1 Å². The van der Waals surface area contributed by atoms with Gasteiger partial charge in [0, 0.05) is 75.8 Å². The zero-order valence-electron chi connectivity index (χ0n) is 45.2. The molecule has 0 aromatic carbocycles. The molecule has 0 radical (unpaired) electrons. The average Bonchev–Trinajstić information content (AvgIpc) is 4.32. The molecule has 0 aliphatic heterocycles. The van der Waals surface area contributed by atoms with Crippen molar-refractivity contribution in [2.24, 2.45) is 58.4 Å². The van der Waals surface area contributed by atoms with Gasteiger partial charge in [0.1, 0.15) is 26.2 Å². The fourth-order valence-electron chi connectivity index (χ4n) is 7.93. The van der Waals surface area contributed by atoms with Crippen LogP contribution in [0.15, 0.2) is 0 Å². The van der Waals surface area contributed by atoms with Gasteiger partial charge < -0.3 is 74.1 Å². The van der Waals surface area contributed by atoms with Gasteiger partial charge in [-0.25, -0.2) is 9.59 Å². The number of methoxy groups -OCH3 is 2. The summed E-state index contributed by atoms with van der Waals surface area (Å²) in [6, 6.07) is 0. The lowest BCUT2D eigenvalue weighted by Crippen LogP contribution is -2.46. The Morgan fingerprint density at radius 2 is 0.684 bits per heavy atom. The van der Waals surface area contributed by atoms with E-state index in [1.54, 1.807) is 13.8 Å². The van der Waals surface area contributed by atoms with Gasteiger partial charge in [-0.3, -0.25) is 47.9 Å². The van der Waals surface area contributed by atoms with Crippen LogP contribution in [0.3, 0.4) is 0 Å². The maximum Gasteiger partial charge on any atom is 0.406 e. The number of carbonyl (C=O) groups excluding carboxylic acids is 12. The zero-order chi connectivity index (χ0) is 57.0. The SMILES string of the molecule is COC(=O)NCCC(=O)N(CC(=O)NCCCCC(C(N)=O)C1CC1)CC(=O)NCCCCC(C(N)=O)C1CC1.COC(=O)NCCC(=O)N(CC(=O)NCCCCC(C)C(N)=O)CC(=O)NCCCCC(C)C(N)=O. The third-order valence-corrected chi connectivity index (χ3v) is 13.0. The van der Waals surface area contributed by atoms with Crippen molar-refractivity contribution in [2.45, 2.75) is 129 Å². The highest BCUT2D eigenvalue weighted by atomic mass is 16.5. The van der Waals surface area contributed by atoms with E-state index in [0.29, 0.717) is 102 Å². The van der Waals surface area contributed by atoms with E-state index in [1.807, 2.05) is 0 Å². The second kappa shape index (κ2) is 38.7. The summed E-state index contributed by atoms with van der Waals surface area (Å²) in [5.41, 5.74) is 21.4. The van der Waals surface area contributed by atoms with Crippen LogP contribution in [0.1, 0.15) is 129 Å². The smallest absolute Gasteiger partial charge is 0.406 e. The van der Waals surface area contributed by atoms with E-state index in [4.69, 9.17) is 22.9 Å². The lowest BCUT2D eigenvalue weighted by atomic mass is 9.96. The average molecular weight is 1080 g/mol. The number of hydrogen-bond donors (Lipinski definition) is 10. The first kappa shape index (κ1) is 67.3. The first-order valence-corrected chi connectivity index (χ1v) is 26.5. The number of carbonyl (C=O) groups is 12. The van der Waals surface area contributed by atoms with Gasteiger partial charge in [-0.05, 0) is 88.9 Å². The highest BCUT2D eigenvalue weighted by Crippen LogP contribution is 2.39. The largest absolute Gasteiger partial charge is 0.453 e. The minimum atomic E-state index is -0.693. The van der Waals surface area contributed by atoms with Gasteiger partial charge in [-0.1, -0.05) is 39.5 Å². The van der Waals surface area contributed by atoms with Crippen molar-refractivity contribution in [1.82, 2.24) is 41.7 Å². The molecule has 0 aromatic rings. The van der Waals surface area contributed by atoms with E-state index in [0.717, 1.165) is 48.3 Å².